The van der Waals surface area contributed by atoms with Gasteiger partial charge in [0.1, 0.15) is 5.15 Å². The van der Waals surface area contributed by atoms with E-state index in [1.807, 2.05) is 12.4 Å². The standard InChI is InChI=1S/C9H8ClN3/c10-8-3-4-13-9(12-8)7(5-11-13)6-1-2-6/h3-6H,1-2H2. The smallest absolute Gasteiger partial charge is 0.160 e. The van der Waals surface area contributed by atoms with Crippen molar-refractivity contribution in [1.82, 2.24) is 14.6 Å². The van der Waals surface area contributed by atoms with Gasteiger partial charge in [-0.15, -0.1) is 0 Å². The van der Waals surface area contributed by atoms with E-state index >= 15 is 0 Å². The molecule has 3 nitrogen and oxygen atoms in total. The molecule has 66 valence electrons. The first-order valence-corrected chi connectivity index (χ1v) is 4.72. The maximum Gasteiger partial charge on any atom is 0.160 e. The maximum absolute atomic E-state index is 5.82. The Balaban J connectivity index is 2.29. The Kier molecular flexibility index (Phi) is 1.38. The van der Waals surface area contributed by atoms with Crippen molar-refractivity contribution >= 4 is 17.2 Å². The molecule has 2 heterocycles. The van der Waals surface area contributed by atoms with Gasteiger partial charge in [0.25, 0.3) is 0 Å². The summed E-state index contributed by atoms with van der Waals surface area (Å²) in [6.07, 6.45) is 6.26. The van der Waals surface area contributed by atoms with Crippen molar-refractivity contribution in [3.05, 3.63) is 29.2 Å². The van der Waals surface area contributed by atoms with Gasteiger partial charge in [-0.05, 0) is 24.8 Å². The molecule has 13 heavy (non-hydrogen) atoms. The van der Waals surface area contributed by atoms with Gasteiger partial charge in [0, 0.05) is 11.8 Å². The van der Waals surface area contributed by atoms with E-state index in [0.717, 1.165) is 5.65 Å². The third-order valence-corrected chi connectivity index (χ3v) is 2.59. The summed E-state index contributed by atoms with van der Waals surface area (Å²) in [6, 6.07) is 1.75. The molecule has 0 aromatic carbocycles. The third kappa shape index (κ3) is 1.11. The lowest BCUT2D eigenvalue weighted by molar-refractivity contribution is 0.939. The lowest BCUT2D eigenvalue weighted by Crippen LogP contribution is -1.89. The molecule has 0 unspecified atom stereocenters. The quantitative estimate of drug-likeness (QED) is 0.651. The molecule has 0 spiro atoms. The number of hydrogen-bond donors (Lipinski definition) is 0. The Bertz CT molecular complexity index is 459. The number of halogens is 1. The highest BCUT2D eigenvalue weighted by Gasteiger charge is 2.27. The minimum Gasteiger partial charge on any atom is -0.222 e. The average Bonchev–Trinajstić information content (AvgIpc) is 2.87. The molecule has 0 amide bonds. The highest BCUT2D eigenvalue weighted by Crippen LogP contribution is 2.41. The first-order valence-electron chi connectivity index (χ1n) is 4.34. The van der Waals surface area contributed by atoms with E-state index in [4.69, 9.17) is 11.6 Å². The summed E-state index contributed by atoms with van der Waals surface area (Å²) in [7, 11) is 0. The molecule has 0 bridgehead atoms. The van der Waals surface area contributed by atoms with Gasteiger partial charge in [-0.1, -0.05) is 11.6 Å². The molecule has 0 aliphatic heterocycles. The molecule has 0 N–H and O–H groups in total. The number of hydrogen-bond acceptors (Lipinski definition) is 2. The molecular formula is C9H8ClN3. The fourth-order valence-corrected chi connectivity index (χ4v) is 1.68. The van der Waals surface area contributed by atoms with Crippen LogP contribution in [0.1, 0.15) is 24.3 Å². The zero-order chi connectivity index (χ0) is 8.84. The first-order chi connectivity index (χ1) is 6.34. The molecule has 0 saturated heterocycles. The predicted octanol–water partition coefficient (Wildman–Crippen LogP) is 2.26. The topological polar surface area (TPSA) is 30.2 Å². The number of aromatic nitrogens is 3. The summed E-state index contributed by atoms with van der Waals surface area (Å²) in [5.41, 5.74) is 2.15. The van der Waals surface area contributed by atoms with Gasteiger partial charge in [-0.2, -0.15) is 5.10 Å². The van der Waals surface area contributed by atoms with E-state index in [2.05, 4.69) is 10.1 Å². The molecular weight excluding hydrogens is 186 g/mol. The van der Waals surface area contributed by atoms with E-state index in [1.54, 1.807) is 10.6 Å². The number of rotatable bonds is 1. The first kappa shape index (κ1) is 7.33. The van der Waals surface area contributed by atoms with Crippen LogP contribution in [0.15, 0.2) is 18.5 Å². The minimum absolute atomic E-state index is 0.537. The minimum atomic E-state index is 0.537. The van der Waals surface area contributed by atoms with Crippen LogP contribution in [0, 0.1) is 0 Å². The molecule has 1 saturated carbocycles. The predicted molar refractivity (Wildman–Crippen MR) is 50.0 cm³/mol. The normalized spacial score (nSPS) is 16.7. The summed E-state index contributed by atoms with van der Waals surface area (Å²) >= 11 is 5.82. The molecule has 4 heteroatoms. The highest BCUT2D eigenvalue weighted by atomic mass is 35.5. The van der Waals surface area contributed by atoms with Crippen molar-refractivity contribution in [2.24, 2.45) is 0 Å². The SMILES string of the molecule is Clc1ccn2ncc(C3CC3)c2n1. The van der Waals surface area contributed by atoms with Crippen molar-refractivity contribution in [3.63, 3.8) is 0 Å². The second-order valence-corrected chi connectivity index (χ2v) is 3.78. The van der Waals surface area contributed by atoms with Crippen LogP contribution in [0.5, 0.6) is 0 Å². The van der Waals surface area contributed by atoms with Crippen molar-refractivity contribution in [3.8, 4) is 0 Å². The second-order valence-electron chi connectivity index (χ2n) is 3.39. The largest absolute Gasteiger partial charge is 0.222 e. The molecule has 0 atom stereocenters. The van der Waals surface area contributed by atoms with E-state index < -0.39 is 0 Å². The Morgan fingerprint density at radius 3 is 3.08 bits per heavy atom. The molecule has 1 aliphatic carbocycles. The summed E-state index contributed by atoms with van der Waals surface area (Å²) in [5, 5.41) is 4.75. The monoisotopic (exact) mass is 193 g/mol. The fraction of sp³-hybridized carbons (Fsp3) is 0.333. The fourth-order valence-electron chi connectivity index (χ4n) is 1.55. The molecule has 2 aromatic rings. The van der Waals surface area contributed by atoms with Gasteiger partial charge in [0.2, 0.25) is 0 Å². The van der Waals surface area contributed by atoms with Gasteiger partial charge in [0.05, 0.1) is 6.20 Å². The van der Waals surface area contributed by atoms with Crippen molar-refractivity contribution < 1.29 is 0 Å². The van der Waals surface area contributed by atoms with Gasteiger partial charge < -0.3 is 0 Å². The summed E-state index contributed by atoms with van der Waals surface area (Å²) < 4.78 is 1.78. The van der Waals surface area contributed by atoms with Crippen LogP contribution in [0.4, 0.5) is 0 Å². The van der Waals surface area contributed by atoms with Crippen LogP contribution >= 0.6 is 11.6 Å². The lowest BCUT2D eigenvalue weighted by Gasteiger charge is -1.95. The molecule has 1 aliphatic rings. The van der Waals surface area contributed by atoms with Crippen LogP contribution in [0.2, 0.25) is 5.15 Å². The average molecular weight is 194 g/mol. The molecule has 3 rings (SSSR count). The summed E-state index contributed by atoms with van der Waals surface area (Å²) in [5.74, 6) is 0.670. The Morgan fingerprint density at radius 2 is 2.31 bits per heavy atom. The summed E-state index contributed by atoms with van der Waals surface area (Å²) in [4.78, 5) is 4.26. The van der Waals surface area contributed by atoms with Crippen LogP contribution in [-0.2, 0) is 0 Å². The van der Waals surface area contributed by atoms with Crippen LogP contribution in [0.3, 0.4) is 0 Å². The van der Waals surface area contributed by atoms with E-state index in [9.17, 15) is 0 Å². The molecule has 2 aromatic heterocycles. The van der Waals surface area contributed by atoms with Gasteiger partial charge in [0.15, 0.2) is 5.65 Å². The summed E-state index contributed by atoms with van der Waals surface area (Å²) in [6.45, 7) is 0. The number of fused-ring (bicyclic) bond motifs is 1. The molecule has 0 radical (unpaired) electrons. The lowest BCUT2D eigenvalue weighted by atomic mass is 10.2. The maximum atomic E-state index is 5.82. The van der Waals surface area contributed by atoms with Gasteiger partial charge in [-0.25, -0.2) is 9.50 Å². The third-order valence-electron chi connectivity index (χ3n) is 2.38. The Labute approximate surface area is 80.3 Å². The van der Waals surface area contributed by atoms with Gasteiger partial charge in [-0.3, -0.25) is 0 Å². The zero-order valence-electron chi connectivity index (χ0n) is 6.94. The van der Waals surface area contributed by atoms with Crippen molar-refractivity contribution in [1.29, 1.82) is 0 Å². The zero-order valence-corrected chi connectivity index (χ0v) is 7.70. The van der Waals surface area contributed by atoms with E-state index in [-0.39, 0.29) is 0 Å². The van der Waals surface area contributed by atoms with Crippen LogP contribution < -0.4 is 0 Å². The Morgan fingerprint density at radius 1 is 1.46 bits per heavy atom. The second kappa shape index (κ2) is 2.45. The highest BCUT2D eigenvalue weighted by molar-refractivity contribution is 6.29. The van der Waals surface area contributed by atoms with Crippen molar-refractivity contribution in [2.75, 3.05) is 0 Å². The van der Waals surface area contributed by atoms with Crippen LogP contribution in [-0.4, -0.2) is 14.6 Å². The van der Waals surface area contributed by atoms with E-state index in [0.29, 0.717) is 11.1 Å². The van der Waals surface area contributed by atoms with Crippen LogP contribution in [0.25, 0.3) is 5.65 Å². The Hall–Kier alpha value is -1.09. The number of nitrogens with zero attached hydrogens (tertiary/aromatic N) is 3. The van der Waals surface area contributed by atoms with Gasteiger partial charge >= 0.3 is 0 Å². The van der Waals surface area contributed by atoms with Crippen molar-refractivity contribution in [2.45, 2.75) is 18.8 Å². The molecule has 1 fully saturated rings. The van der Waals surface area contributed by atoms with E-state index in [1.165, 1.54) is 18.4 Å².